The molecule has 3 aromatic heterocycles. The Morgan fingerprint density at radius 1 is 0.967 bits per heavy atom. The molecule has 9 rings (SSSR count). The van der Waals surface area contributed by atoms with E-state index in [1.807, 2.05) is 53.6 Å². The molecule has 7 heterocycles. The van der Waals surface area contributed by atoms with Crippen LogP contribution in [0.3, 0.4) is 0 Å². The number of likely N-dealkylation sites (tertiary alicyclic amines) is 1. The molecule has 0 saturated carbocycles. The molecule has 0 aliphatic carbocycles. The molecule has 1 spiro atoms. The van der Waals surface area contributed by atoms with Gasteiger partial charge in [-0.05, 0) is 92.5 Å². The van der Waals surface area contributed by atoms with Crippen molar-refractivity contribution in [3.8, 4) is 17.3 Å². The van der Waals surface area contributed by atoms with Crippen molar-refractivity contribution in [3.63, 3.8) is 0 Å². The Bertz CT molecular complexity index is 2590. The second kappa shape index (κ2) is 15.5. The second-order valence-corrected chi connectivity index (χ2v) is 18.9. The van der Waals surface area contributed by atoms with Crippen LogP contribution in [0.15, 0.2) is 73.2 Å². The predicted octanol–water partition coefficient (Wildman–Crippen LogP) is 4.88. The molecule has 3 N–H and O–H groups in total. The fraction of sp³-hybridized carbons (Fsp3) is 0.419. The number of hydrogen-bond acceptors (Lipinski definition) is 11. The van der Waals surface area contributed by atoms with Gasteiger partial charge in [-0.15, -0.1) is 0 Å². The number of nitrogens with zero attached hydrogens (tertiary/aromatic N) is 8. The molecule has 4 saturated heterocycles. The van der Waals surface area contributed by atoms with E-state index in [0.717, 1.165) is 68.5 Å². The SMILES string of the molecule is CCS(=O)(=O)N1CC(CC#N)(n2cc(-c3nc(Nc4ccc(C(=O)N5CCC6(CC5)CCN(c5ccc(C7CCC(=O)NC7=O)cc5)CC6)cc4)nc4[nH]ccc34)cn2)C1. The van der Waals surface area contributed by atoms with Crippen LogP contribution < -0.4 is 15.5 Å². The average molecular weight is 830 g/mol. The van der Waals surface area contributed by atoms with E-state index in [9.17, 15) is 28.1 Å². The van der Waals surface area contributed by atoms with Gasteiger partial charge in [-0.2, -0.15) is 19.6 Å². The first kappa shape index (κ1) is 39.3. The first-order chi connectivity index (χ1) is 29.0. The summed E-state index contributed by atoms with van der Waals surface area (Å²) in [5.41, 5.74) is 4.83. The number of rotatable bonds is 10. The molecule has 4 aliphatic heterocycles. The van der Waals surface area contributed by atoms with Gasteiger partial charge < -0.3 is 20.1 Å². The van der Waals surface area contributed by atoms with E-state index in [4.69, 9.17) is 4.98 Å². The minimum atomic E-state index is -3.38. The van der Waals surface area contributed by atoms with Gasteiger partial charge in [0.05, 0.1) is 36.1 Å². The Labute approximate surface area is 348 Å². The summed E-state index contributed by atoms with van der Waals surface area (Å²) in [6.45, 7) is 5.29. The number of hydrogen-bond donors (Lipinski definition) is 3. The number of piperidine rings is 3. The van der Waals surface area contributed by atoms with Crippen LogP contribution in [-0.2, 0) is 25.2 Å². The standard InChI is InChI=1S/C43H47N11O5S/c1-2-60(58,59)53-27-43(28-53,14-19-44)54-26-31(25-46-54)37-35-13-20-45-38(35)50-41(49-37)47-32-7-3-30(4-8-32)40(57)52-23-17-42(18-24-52)15-21-51(22-16-42)33-9-5-29(6-10-33)34-11-12-36(55)48-39(34)56/h3-10,13,20,25-26,34H,2,11-12,14-18,21-24,27-28H2,1H3,(H,48,55,56)(H2,45,47,49,50). The number of sulfonamides is 1. The van der Waals surface area contributed by atoms with E-state index in [-0.39, 0.29) is 54.3 Å². The monoisotopic (exact) mass is 829 g/mol. The summed E-state index contributed by atoms with van der Waals surface area (Å²) in [4.78, 5) is 54.6. The maximum Gasteiger partial charge on any atom is 0.253 e. The van der Waals surface area contributed by atoms with Gasteiger partial charge >= 0.3 is 0 Å². The smallest absolute Gasteiger partial charge is 0.253 e. The number of imide groups is 1. The highest BCUT2D eigenvalue weighted by molar-refractivity contribution is 7.89. The predicted molar refractivity (Wildman–Crippen MR) is 225 cm³/mol. The van der Waals surface area contributed by atoms with Crippen molar-refractivity contribution in [3.05, 3.63) is 84.3 Å². The average Bonchev–Trinajstić information content (AvgIpc) is 3.94. The molecule has 1 atom stereocenters. The third kappa shape index (κ3) is 7.38. The normalized spacial score (nSPS) is 20.4. The number of carbonyl (C=O) groups is 3. The maximum atomic E-state index is 13.7. The van der Waals surface area contributed by atoms with Crippen LogP contribution in [0.5, 0.6) is 0 Å². The van der Waals surface area contributed by atoms with Gasteiger partial charge in [0.25, 0.3) is 5.91 Å². The lowest BCUT2D eigenvalue weighted by atomic mass is 9.71. The van der Waals surface area contributed by atoms with E-state index in [1.54, 1.807) is 24.0 Å². The summed E-state index contributed by atoms with van der Waals surface area (Å²) in [7, 11) is -3.38. The molecule has 4 fully saturated rings. The lowest BCUT2D eigenvalue weighted by molar-refractivity contribution is -0.134. The Morgan fingerprint density at radius 2 is 1.68 bits per heavy atom. The van der Waals surface area contributed by atoms with Crippen molar-refractivity contribution in [2.45, 2.75) is 63.3 Å². The number of nitriles is 1. The van der Waals surface area contributed by atoms with Crippen molar-refractivity contribution in [2.24, 2.45) is 5.41 Å². The highest BCUT2D eigenvalue weighted by Crippen LogP contribution is 2.43. The van der Waals surface area contributed by atoms with Crippen molar-refractivity contribution in [1.29, 1.82) is 5.26 Å². The summed E-state index contributed by atoms with van der Waals surface area (Å²) in [5, 5.41) is 20.7. The zero-order valence-electron chi connectivity index (χ0n) is 33.4. The largest absolute Gasteiger partial charge is 0.371 e. The van der Waals surface area contributed by atoms with Gasteiger partial charge in [-0.25, -0.2) is 13.4 Å². The quantitative estimate of drug-likeness (QED) is 0.162. The minimum Gasteiger partial charge on any atom is -0.371 e. The van der Waals surface area contributed by atoms with Crippen molar-refractivity contribution < 1.29 is 22.8 Å². The molecule has 16 nitrogen and oxygen atoms in total. The van der Waals surface area contributed by atoms with E-state index in [0.29, 0.717) is 46.9 Å². The number of aromatic nitrogens is 5. The number of fused-ring (bicyclic) bond motifs is 1. The van der Waals surface area contributed by atoms with E-state index in [2.05, 4.69) is 48.8 Å². The molecule has 0 radical (unpaired) electrons. The van der Waals surface area contributed by atoms with Crippen LogP contribution >= 0.6 is 0 Å². The fourth-order valence-corrected chi connectivity index (χ4v) is 10.5. The van der Waals surface area contributed by atoms with Crippen LogP contribution in [-0.4, -0.2) is 105 Å². The van der Waals surface area contributed by atoms with Crippen LogP contribution in [0.4, 0.5) is 17.3 Å². The maximum absolute atomic E-state index is 13.7. The zero-order valence-corrected chi connectivity index (χ0v) is 34.2. The second-order valence-electron chi connectivity index (χ2n) is 16.6. The van der Waals surface area contributed by atoms with Gasteiger partial charge in [0.15, 0.2) is 0 Å². The molecule has 2 aromatic carbocycles. The zero-order chi connectivity index (χ0) is 41.6. The fourth-order valence-electron chi connectivity index (χ4n) is 9.26. The topological polar surface area (TPSA) is 202 Å². The summed E-state index contributed by atoms with van der Waals surface area (Å²) in [6, 6.07) is 19.7. The Morgan fingerprint density at radius 3 is 2.37 bits per heavy atom. The number of benzene rings is 2. The lowest BCUT2D eigenvalue weighted by Crippen LogP contribution is -2.64. The number of nitrogens with one attached hydrogen (secondary N) is 3. The van der Waals surface area contributed by atoms with Gasteiger partial charge in [0.2, 0.25) is 27.8 Å². The molecule has 3 amide bonds. The molecule has 5 aromatic rings. The van der Waals surface area contributed by atoms with Gasteiger partial charge in [0.1, 0.15) is 11.2 Å². The van der Waals surface area contributed by atoms with Crippen molar-refractivity contribution in [2.75, 3.05) is 55.2 Å². The Balaban J connectivity index is 0.806. The number of aromatic amines is 1. The van der Waals surface area contributed by atoms with Gasteiger partial charge in [0, 0.05) is 86.0 Å². The summed E-state index contributed by atoms with van der Waals surface area (Å²) in [5.74, 6) is -0.335. The van der Waals surface area contributed by atoms with Crippen LogP contribution in [0.1, 0.15) is 73.7 Å². The molecular weight excluding hydrogens is 783 g/mol. The molecule has 310 valence electrons. The number of amides is 3. The first-order valence-corrected chi connectivity index (χ1v) is 22.2. The molecule has 17 heteroatoms. The molecule has 1 unspecified atom stereocenters. The highest BCUT2D eigenvalue weighted by atomic mass is 32.2. The van der Waals surface area contributed by atoms with Crippen LogP contribution in [0, 0.1) is 16.7 Å². The van der Waals surface area contributed by atoms with Gasteiger partial charge in [-0.3, -0.25) is 24.4 Å². The Kier molecular flexibility index (Phi) is 10.2. The highest BCUT2D eigenvalue weighted by Gasteiger charge is 2.50. The van der Waals surface area contributed by atoms with Crippen LogP contribution in [0.2, 0.25) is 0 Å². The van der Waals surface area contributed by atoms with E-state index < -0.39 is 15.6 Å². The molecule has 0 bridgehead atoms. The molecule has 4 aliphatic rings. The number of H-pyrrole nitrogens is 1. The number of anilines is 3. The third-order valence-corrected chi connectivity index (χ3v) is 14.9. The van der Waals surface area contributed by atoms with Crippen molar-refractivity contribution in [1.82, 2.24) is 39.3 Å². The lowest BCUT2D eigenvalue weighted by Gasteiger charge is -2.47. The molecule has 60 heavy (non-hydrogen) atoms. The summed E-state index contributed by atoms with van der Waals surface area (Å²) < 4.78 is 28.0. The summed E-state index contributed by atoms with van der Waals surface area (Å²) in [6.07, 6.45) is 10.4. The van der Waals surface area contributed by atoms with Gasteiger partial charge in [-0.1, -0.05) is 12.1 Å². The van der Waals surface area contributed by atoms with Crippen molar-refractivity contribution >= 4 is 56.1 Å². The van der Waals surface area contributed by atoms with Crippen LogP contribution in [0.25, 0.3) is 22.3 Å². The summed E-state index contributed by atoms with van der Waals surface area (Å²) >= 11 is 0. The van der Waals surface area contributed by atoms with E-state index >= 15 is 0 Å². The van der Waals surface area contributed by atoms with E-state index in [1.165, 1.54) is 4.31 Å². The number of carbonyl (C=O) groups excluding carboxylic acids is 3. The minimum absolute atomic E-state index is 0.00205. The molecular formula is C43H47N11O5S. The Hall–Kier alpha value is -6.12. The third-order valence-electron chi connectivity index (χ3n) is 13.1. The first-order valence-electron chi connectivity index (χ1n) is 20.6.